The van der Waals surface area contributed by atoms with Gasteiger partial charge in [-0.3, -0.25) is 14.4 Å². The molecule has 164 valence electrons. The first-order valence-corrected chi connectivity index (χ1v) is 10.7. The summed E-state index contributed by atoms with van der Waals surface area (Å²) in [5.41, 5.74) is -0.463. The van der Waals surface area contributed by atoms with Gasteiger partial charge in [-0.25, -0.2) is 0 Å². The molecule has 7 heteroatoms. The van der Waals surface area contributed by atoms with Gasteiger partial charge in [0.1, 0.15) is 12.2 Å². The number of carbonyl (C=O) groups is 3. The monoisotopic (exact) mass is 418 g/mol. The molecule has 7 nitrogen and oxygen atoms in total. The fourth-order valence-electron chi connectivity index (χ4n) is 6.51. The number of ketones is 1. The Morgan fingerprint density at radius 3 is 2.67 bits per heavy atom. The molecule has 3 fully saturated rings. The first-order valence-electron chi connectivity index (χ1n) is 10.7. The topological polar surface area (TPSA) is 92.0 Å². The zero-order valence-electron chi connectivity index (χ0n) is 18.0. The third kappa shape index (κ3) is 3.01. The van der Waals surface area contributed by atoms with E-state index in [2.05, 4.69) is 0 Å². The van der Waals surface area contributed by atoms with Crippen molar-refractivity contribution in [2.75, 3.05) is 13.7 Å². The van der Waals surface area contributed by atoms with Crippen molar-refractivity contribution in [3.63, 3.8) is 0 Å². The molecule has 1 aromatic rings. The maximum atomic E-state index is 13.7. The lowest BCUT2D eigenvalue weighted by molar-refractivity contribution is -0.209. The van der Waals surface area contributed by atoms with Gasteiger partial charge >= 0.3 is 11.9 Å². The Hall–Kier alpha value is -2.15. The van der Waals surface area contributed by atoms with Gasteiger partial charge in [0, 0.05) is 18.1 Å². The predicted octanol–water partition coefficient (Wildman–Crippen LogP) is 3.47. The molecule has 0 unspecified atom stereocenters. The SMILES string of the molecule is CCO[C@H]1C[C@@H](C(=O)OC)[C@]2(C)CC[C@H]3C(=O)O[C@H](c4ccoc4)C[C@]3(C)[C@H]2C1=O. The highest BCUT2D eigenvalue weighted by Gasteiger charge is 2.67. The van der Waals surface area contributed by atoms with Crippen LogP contribution in [0.15, 0.2) is 23.0 Å². The number of Topliss-reactive ketones (excluding diaryl/α,β-unsaturated/α-hetero) is 1. The third-order valence-electron chi connectivity index (χ3n) is 7.87. The molecule has 0 bridgehead atoms. The van der Waals surface area contributed by atoms with Gasteiger partial charge in [-0.15, -0.1) is 0 Å². The highest BCUT2D eigenvalue weighted by molar-refractivity contribution is 5.92. The first kappa shape index (κ1) is 21.1. The quantitative estimate of drug-likeness (QED) is 0.691. The van der Waals surface area contributed by atoms with E-state index < -0.39 is 34.9 Å². The van der Waals surface area contributed by atoms with Crippen LogP contribution in [0, 0.1) is 28.6 Å². The molecule has 1 saturated heterocycles. The Morgan fingerprint density at radius 1 is 1.27 bits per heavy atom. The van der Waals surface area contributed by atoms with Crippen molar-refractivity contribution in [1.29, 1.82) is 0 Å². The summed E-state index contributed by atoms with van der Waals surface area (Å²) in [5, 5.41) is 0. The van der Waals surface area contributed by atoms with Gasteiger partial charge in [-0.1, -0.05) is 13.8 Å². The van der Waals surface area contributed by atoms with Crippen LogP contribution >= 0.6 is 0 Å². The van der Waals surface area contributed by atoms with E-state index in [1.165, 1.54) is 7.11 Å². The Balaban J connectivity index is 1.79. The molecule has 0 N–H and O–H groups in total. The Kier molecular flexibility index (Phi) is 5.29. The fraction of sp³-hybridized carbons (Fsp3) is 0.696. The predicted molar refractivity (Wildman–Crippen MR) is 105 cm³/mol. The summed E-state index contributed by atoms with van der Waals surface area (Å²) < 4.78 is 21.8. The Morgan fingerprint density at radius 2 is 2.03 bits per heavy atom. The summed E-state index contributed by atoms with van der Waals surface area (Å²) in [6, 6.07) is 1.78. The van der Waals surface area contributed by atoms with E-state index >= 15 is 0 Å². The summed E-state index contributed by atoms with van der Waals surface area (Å²) >= 11 is 0. The van der Waals surface area contributed by atoms with Crippen LogP contribution in [-0.2, 0) is 28.6 Å². The average Bonchev–Trinajstić information content (AvgIpc) is 3.23. The van der Waals surface area contributed by atoms with Crippen molar-refractivity contribution in [2.24, 2.45) is 28.6 Å². The number of furan rings is 1. The number of hydrogen-bond acceptors (Lipinski definition) is 7. The number of ether oxygens (including phenoxy) is 3. The lowest BCUT2D eigenvalue weighted by Crippen LogP contribution is -2.64. The lowest BCUT2D eigenvalue weighted by atomic mass is 9.43. The maximum Gasteiger partial charge on any atom is 0.310 e. The van der Waals surface area contributed by atoms with E-state index in [9.17, 15) is 14.4 Å². The molecule has 1 aliphatic heterocycles. The molecule has 2 heterocycles. The molecule has 30 heavy (non-hydrogen) atoms. The number of rotatable bonds is 4. The van der Waals surface area contributed by atoms with E-state index in [-0.39, 0.29) is 23.6 Å². The van der Waals surface area contributed by atoms with Crippen molar-refractivity contribution in [1.82, 2.24) is 0 Å². The van der Waals surface area contributed by atoms with Crippen LogP contribution < -0.4 is 0 Å². The van der Waals surface area contributed by atoms with Crippen molar-refractivity contribution in [3.8, 4) is 0 Å². The van der Waals surface area contributed by atoms with Gasteiger partial charge in [-0.2, -0.15) is 0 Å². The standard InChI is InChI=1S/C23H30O7/c1-5-29-16-10-15(20(25)27-4)22(2)8-6-14-21(26)30-17(13-7-9-28-12-13)11-23(14,3)19(22)18(16)24/h7,9,12,14-17,19H,5-6,8,10-11H2,1-4H3/t14-,15-,16-,17-,19-,22-,23-/m0/s1. The fourth-order valence-corrected chi connectivity index (χ4v) is 6.51. The van der Waals surface area contributed by atoms with Gasteiger partial charge in [0.2, 0.25) is 0 Å². The number of esters is 2. The van der Waals surface area contributed by atoms with Crippen LogP contribution in [-0.4, -0.2) is 37.5 Å². The normalized spacial score (nSPS) is 40.9. The maximum absolute atomic E-state index is 13.7. The summed E-state index contributed by atoms with van der Waals surface area (Å²) in [6.45, 7) is 6.24. The van der Waals surface area contributed by atoms with Crippen LogP contribution in [0.25, 0.3) is 0 Å². The lowest BCUT2D eigenvalue weighted by Gasteiger charge is -2.61. The van der Waals surface area contributed by atoms with Crippen LogP contribution in [0.5, 0.6) is 0 Å². The first-order chi connectivity index (χ1) is 14.3. The van der Waals surface area contributed by atoms with Gasteiger partial charge in [0.25, 0.3) is 0 Å². The van der Waals surface area contributed by atoms with Crippen LogP contribution in [0.1, 0.15) is 58.1 Å². The molecule has 2 saturated carbocycles. The van der Waals surface area contributed by atoms with E-state index in [1.54, 1.807) is 18.6 Å². The second-order valence-corrected chi connectivity index (χ2v) is 9.38. The average molecular weight is 418 g/mol. The van der Waals surface area contributed by atoms with Gasteiger partial charge in [-0.05, 0) is 49.5 Å². The molecular formula is C23H30O7. The van der Waals surface area contributed by atoms with Crippen molar-refractivity contribution < 1.29 is 33.0 Å². The van der Waals surface area contributed by atoms with Crippen LogP contribution in [0.3, 0.4) is 0 Å². The van der Waals surface area contributed by atoms with Crippen molar-refractivity contribution in [3.05, 3.63) is 24.2 Å². The van der Waals surface area contributed by atoms with E-state index in [0.29, 0.717) is 32.3 Å². The number of fused-ring (bicyclic) bond motifs is 3. The number of hydrogen-bond donors (Lipinski definition) is 0. The molecular weight excluding hydrogens is 388 g/mol. The number of methoxy groups -OCH3 is 1. The molecule has 7 atom stereocenters. The van der Waals surface area contributed by atoms with Gasteiger partial charge < -0.3 is 18.6 Å². The smallest absolute Gasteiger partial charge is 0.310 e. The molecule has 0 radical (unpaired) electrons. The molecule has 3 aliphatic rings. The highest BCUT2D eigenvalue weighted by Crippen LogP contribution is 2.65. The van der Waals surface area contributed by atoms with Crippen LogP contribution in [0.2, 0.25) is 0 Å². The Bertz CT molecular complexity index is 831. The third-order valence-corrected chi connectivity index (χ3v) is 7.87. The molecule has 2 aliphatic carbocycles. The highest BCUT2D eigenvalue weighted by atomic mass is 16.5. The minimum Gasteiger partial charge on any atom is -0.472 e. The number of carbonyl (C=O) groups excluding carboxylic acids is 3. The van der Waals surface area contributed by atoms with E-state index in [4.69, 9.17) is 18.6 Å². The molecule has 0 amide bonds. The second-order valence-electron chi connectivity index (χ2n) is 9.38. The zero-order chi connectivity index (χ0) is 21.7. The zero-order valence-corrected chi connectivity index (χ0v) is 18.0. The van der Waals surface area contributed by atoms with Crippen molar-refractivity contribution in [2.45, 2.75) is 58.7 Å². The summed E-state index contributed by atoms with van der Waals surface area (Å²) in [7, 11) is 1.38. The minimum atomic E-state index is -0.668. The van der Waals surface area contributed by atoms with Gasteiger partial charge in [0.05, 0.1) is 31.5 Å². The van der Waals surface area contributed by atoms with Gasteiger partial charge in [0.15, 0.2) is 5.78 Å². The molecule has 0 aromatic carbocycles. The minimum absolute atomic E-state index is 0.00709. The molecule has 0 spiro atoms. The second kappa shape index (κ2) is 7.52. The van der Waals surface area contributed by atoms with E-state index in [1.807, 2.05) is 20.8 Å². The van der Waals surface area contributed by atoms with Crippen LogP contribution in [0.4, 0.5) is 0 Å². The molecule has 4 rings (SSSR count). The van der Waals surface area contributed by atoms with E-state index in [0.717, 1.165) is 5.56 Å². The number of cyclic esters (lactones) is 1. The largest absolute Gasteiger partial charge is 0.472 e. The Labute approximate surface area is 176 Å². The summed E-state index contributed by atoms with van der Waals surface area (Å²) in [5.74, 6) is -1.94. The molecule has 1 aromatic heterocycles. The van der Waals surface area contributed by atoms with Crippen molar-refractivity contribution >= 4 is 17.7 Å². The summed E-state index contributed by atoms with van der Waals surface area (Å²) in [6.07, 6.45) is 3.98. The summed E-state index contributed by atoms with van der Waals surface area (Å²) in [4.78, 5) is 39.5.